The number of carbonyl (C=O) groups excluding carboxylic acids is 4. The summed E-state index contributed by atoms with van der Waals surface area (Å²) in [5, 5.41) is 0. The van der Waals surface area contributed by atoms with Crippen LogP contribution in [0.3, 0.4) is 0 Å². The monoisotopic (exact) mass is 426 g/mol. The van der Waals surface area contributed by atoms with Gasteiger partial charge in [-0.15, -0.1) is 0 Å². The number of ketones is 2. The van der Waals surface area contributed by atoms with E-state index in [1.54, 1.807) is 6.92 Å². The van der Waals surface area contributed by atoms with Gasteiger partial charge in [0.15, 0.2) is 0 Å². The summed E-state index contributed by atoms with van der Waals surface area (Å²) in [5.41, 5.74) is 10.8. The number of nitrogens with two attached hydrogens (primary N) is 2. The molecule has 1 heterocycles. The van der Waals surface area contributed by atoms with Crippen molar-refractivity contribution in [1.29, 1.82) is 0 Å². The van der Waals surface area contributed by atoms with Crippen LogP contribution in [0.2, 0.25) is 0 Å². The number of rotatable bonds is 9. The van der Waals surface area contributed by atoms with Crippen molar-refractivity contribution in [1.82, 2.24) is 19.6 Å². The lowest BCUT2D eigenvalue weighted by Gasteiger charge is -2.33. The number of hydrogen-bond acceptors (Lipinski definition) is 8. The molecule has 0 radical (unpaired) electrons. The molecular formula is C20H38N6O4. The van der Waals surface area contributed by atoms with Crippen LogP contribution in [0.25, 0.3) is 0 Å². The van der Waals surface area contributed by atoms with Gasteiger partial charge >= 0.3 is 0 Å². The van der Waals surface area contributed by atoms with E-state index in [9.17, 15) is 19.2 Å². The zero-order valence-corrected chi connectivity index (χ0v) is 18.6. The highest BCUT2D eigenvalue weighted by molar-refractivity contribution is 5.82. The first-order valence-electron chi connectivity index (χ1n) is 10.5. The number of Topliss-reactive ketones (excluding diaryl/α,β-unsaturated/α-hetero) is 2. The third kappa shape index (κ3) is 11.3. The smallest absolute Gasteiger partial charge is 0.231 e. The highest BCUT2D eigenvalue weighted by Gasteiger charge is 2.20. The fraction of sp³-hybridized carbons (Fsp3) is 0.800. The van der Waals surface area contributed by atoms with Gasteiger partial charge in [-0.2, -0.15) is 0 Å². The van der Waals surface area contributed by atoms with Crippen molar-refractivity contribution in [3.63, 3.8) is 0 Å². The molecule has 0 saturated carbocycles. The van der Waals surface area contributed by atoms with Crippen molar-refractivity contribution in [3.8, 4) is 0 Å². The average molecular weight is 427 g/mol. The van der Waals surface area contributed by atoms with E-state index >= 15 is 0 Å². The van der Waals surface area contributed by atoms with E-state index in [1.807, 2.05) is 28.5 Å². The molecule has 0 aliphatic carbocycles. The van der Waals surface area contributed by atoms with Crippen LogP contribution in [0.15, 0.2) is 0 Å². The standard InChI is InChI=1S/C20H38N6O4/c1-16(2)18(28)13-24-6-10-25(14-19(21)29)8-4-23(12-17(3)27)5-9-26(11-7-24)15-20(22)30/h16H,4-15H2,1-3H3,(H2,21,29)(H2,22,30). The minimum atomic E-state index is -0.405. The summed E-state index contributed by atoms with van der Waals surface area (Å²) < 4.78 is 0. The second kappa shape index (κ2) is 13.4. The summed E-state index contributed by atoms with van der Waals surface area (Å²) in [6, 6.07) is 0. The van der Waals surface area contributed by atoms with Crippen molar-refractivity contribution < 1.29 is 19.2 Å². The molecule has 0 atom stereocenters. The molecule has 1 fully saturated rings. The summed E-state index contributed by atoms with van der Waals surface area (Å²) in [5.74, 6) is -0.661. The van der Waals surface area contributed by atoms with E-state index in [0.29, 0.717) is 65.4 Å². The van der Waals surface area contributed by atoms with Gasteiger partial charge in [0.25, 0.3) is 0 Å². The SMILES string of the molecule is CC(=O)CN1CCN(CC(N)=O)CCN(CC(=O)C(C)C)CCN(CC(N)=O)CC1. The second-order valence-corrected chi connectivity index (χ2v) is 8.36. The van der Waals surface area contributed by atoms with Crippen molar-refractivity contribution >= 4 is 23.4 Å². The van der Waals surface area contributed by atoms with Crippen LogP contribution in [0.4, 0.5) is 0 Å². The number of primary amides is 2. The Bertz CT molecular complexity index is 566. The van der Waals surface area contributed by atoms with Crippen molar-refractivity contribution in [2.75, 3.05) is 78.5 Å². The Balaban J connectivity index is 2.95. The summed E-state index contributed by atoms with van der Waals surface area (Å²) in [6.45, 7) is 10.9. The molecule has 1 aliphatic rings. The molecule has 10 nitrogen and oxygen atoms in total. The van der Waals surface area contributed by atoms with E-state index < -0.39 is 11.8 Å². The summed E-state index contributed by atoms with van der Waals surface area (Å²) in [7, 11) is 0. The van der Waals surface area contributed by atoms with Gasteiger partial charge in [-0.3, -0.25) is 38.8 Å². The summed E-state index contributed by atoms with van der Waals surface area (Å²) in [6.07, 6.45) is 0. The molecule has 1 aliphatic heterocycles. The zero-order chi connectivity index (χ0) is 22.7. The molecular weight excluding hydrogens is 388 g/mol. The van der Waals surface area contributed by atoms with E-state index in [0.717, 1.165) is 0 Å². The lowest BCUT2D eigenvalue weighted by atomic mass is 10.1. The van der Waals surface area contributed by atoms with Gasteiger partial charge < -0.3 is 11.5 Å². The molecule has 0 aromatic rings. The fourth-order valence-electron chi connectivity index (χ4n) is 3.37. The molecule has 172 valence electrons. The van der Waals surface area contributed by atoms with Crippen LogP contribution in [0, 0.1) is 5.92 Å². The number of carbonyl (C=O) groups is 4. The van der Waals surface area contributed by atoms with E-state index in [2.05, 4.69) is 4.90 Å². The minimum Gasteiger partial charge on any atom is -0.369 e. The Morgan fingerprint density at radius 2 is 0.933 bits per heavy atom. The van der Waals surface area contributed by atoms with Crippen LogP contribution >= 0.6 is 0 Å². The normalized spacial score (nSPS) is 19.2. The highest BCUT2D eigenvalue weighted by atomic mass is 16.2. The number of nitrogens with zero attached hydrogens (tertiary/aromatic N) is 4. The van der Waals surface area contributed by atoms with Crippen LogP contribution < -0.4 is 11.5 Å². The maximum absolute atomic E-state index is 12.3. The third-order valence-corrected chi connectivity index (χ3v) is 5.16. The maximum atomic E-state index is 12.3. The van der Waals surface area contributed by atoms with Gasteiger partial charge in [-0.1, -0.05) is 13.8 Å². The first-order valence-corrected chi connectivity index (χ1v) is 10.5. The zero-order valence-electron chi connectivity index (χ0n) is 18.6. The van der Waals surface area contributed by atoms with Crippen LogP contribution in [0.1, 0.15) is 20.8 Å². The second-order valence-electron chi connectivity index (χ2n) is 8.36. The van der Waals surface area contributed by atoms with Gasteiger partial charge in [0.2, 0.25) is 11.8 Å². The minimum absolute atomic E-state index is 0.0587. The summed E-state index contributed by atoms with van der Waals surface area (Å²) in [4.78, 5) is 54.9. The van der Waals surface area contributed by atoms with E-state index in [1.165, 1.54) is 0 Å². The molecule has 1 rings (SSSR count). The predicted molar refractivity (Wildman–Crippen MR) is 115 cm³/mol. The van der Waals surface area contributed by atoms with Crippen LogP contribution in [0.5, 0.6) is 0 Å². The molecule has 10 heteroatoms. The Hall–Kier alpha value is -1.88. The molecule has 4 N–H and O–H groups in total. The molecule has 0 aromatic carbocycles. The molecule has 0 aromatic heterocycles. The number of hydrogen-bond donors (Lipinski definition) is 2. The average Bonchev–Trinajstić information content (AvgIpc) is 2.62. The molecule has 30 heavy (non-hydrogen) atoms. The Morgan fingerprint density at radius 3 is 1.20 bits per heavy atom. The molecule has 0 bridgehead atoms. The molecule has 0 spiro atoms. The maximum Gasteiger partial charge on any atom is 0.231 e. The van der Waals surface area contributed by atoms with E-state index in [-0.39, 0.29) is 30.6 Å². The van der Waals surface area contributed by atoms with Crippen molar-refractivity contribution in [3.05, 3.63) is 0 Å². The lowest BCUT2D eigenvalue weighted by Crippen LogP contribution is -2.50. The van der Waals surface area contributed by atoms with Crippen molar-refractivity contribution in [2.45, 2.75) is 20.8 Å². The van der Waals surface area contributed by atoms with Crippen LogP contribution in [-0.2, 0) is 19.2 Å². The first-order chi connectivity index (χ1) is 14.1. The van der Waals surface area contributed by atoms with Gasteiger partial charge in [0, 0.05) is 58.3 Å². The predicted octanol–water partition coefficient (Wildman–Crippen LogP) is -2.01. The van der Waals surface area contributed by atoms with Gasteiger partial charge in [-0.25, -0.2) is 0 Å². The topological polar surface area (TPSA) is 133 Å². The quantitative estimate of drug-likeness (QED) is 0.432. The molecule has 2 amide bonds. The fourth-order valence-corrected chi connectivity index (χ4v) is 3.37. The van der Waals surface area contributed by atoms with Gasteiger partial charge in [-0.05, 0) is 6.92 Å². The Kier molecular flexibility index (Phi) is 11.7. The Labute approximate surface area is 179 Å². The van der Waals surface area contributed by atoms with E-state index in [4.69, 9.17) is 11.5 Å². The lowest BCUT2D eigenvalue weighted by molar-refractivity contribution is -0.124. The Morgan fingerprint density at radius 1 is 0.633 bits per heavy atom. The van der Waals surface area contributed by atoms with Gasteiger partial charge in [0.1, 0.15) is 11.6 Å². The summed E-state index contributed by atoms with van der Waals surface area (Å²) >= 11 is 0. The largest absolute Gasteiger partial charge is 0.369 e. The van der Waals surface area contributed by atoms with Gasteiger partial charge in [0.05, 0.1) is 26.2 Å². The molecule has 0 unspecified atom stereocenters. The third-order valence-electron chi connectivity index (χ3n) is 5.16. The van der Waals surface area contributed by atoms with Crippen LogP contribution in [-0.4, -0.2) is 122 Å². The van der Waals surface area contributed by atoms with Crippen molar-refractivity contribution in [2.24, 2.45) is 17.4 Å². The highest BCUT2D eigenvalue weighted by Crippen LogP contribution is 2.03. The molecule has 1 saturated heterocycles. The first kappa shape index (κ1) is 26.2. The number of amides is 2.